The average molecular weight is 221 g/mol. The lowest BCUT2D eigenvalue weighted by molar-refractivity contribution is 0.161. The van der Waals surface area contributed by atoms with Gasteiger partial charge in [0, 0.05) is 12.6 Å². The van der Waals surface area contributed by atoms with Crippen molar-refractivity contribution in [3.8, 4) is 5.75 Å². The maximum absolute atomic E-state index is 9.95. The van der Waals surface area contributed by atoms with Crippen molar-refractivity contribution in [1.82, 2.24) is 5.32 Å². The van der Waals surface area contributed by atoms with Gasteiger partial charge in [0.2, 0.25) is 0 Å². The summed E-state index contributed by atoms with van der Waals surface area (Å²) in [6, 6.07) is 8.19. The van der Waals surface area contributed by atoms with Gasteiger partial charge in [0.1, 0.15) is 5.75 Å². The lowest BCUT2D eigenvalue weighted by atomic mass is 9.93. The number of aliphatic hydroxyl groups excluding tert-OH is 1. The quantitative estimate of drug-likeness (QED) is 0.797. The minimum Gasteiger partial charge on any atom is -0.497 e. The van der Waals surface area contributed by atoms with Crippen LogP contribution >= 0.6 is 0 Å². The molecule has 88 valence electrons. The van der Waals surface area contributed by atoms with E-state index < -0.39 is 6.10 Å². The van der Waals surface area contributed by atoms with E-state index in [2.05, 4.69) is 5.32 Å². The highest BCUT2D eigenvalue weighted by Gasteiger charge is 2.18. The monoisotopic (exact) mass is 221 g/mol. The maximum Gasteiger partial charge on any atom is 0.118 e. The van der Waals surface area contributed by atoms with E-state index in [0.29, 0.717) is 12.6 Å². The Morgan fingerprint density at radius 3 is 2.56 bits per heavy atom. The first kappa shape index (κ1) is 11.4. The predicted octanol–water partition coefficient (Wildman–Crippen LogP) is 1.87. The van der Waals surface area contributed by atoms with Crippen molar-refractivity contribution < 1.29 is 9.84 Å². The Labute approximate surface area is 96.4 Å². The van der Waals surface area contributed by atoms with Crippen molar-refractivity contribution in [3.63, 3.8) is 0 Å². The normalized spacial score (nSPS) is 17.9. The molecule has 0 aliphatic heterocycles. The molecule has 1 aromatic rings. The number of nitrogens with one attached hydrogen (secondary N) is 1. The summed E-state index contributed by atoms with van der Waals surface area (Å²) in [6.45, 7) is 0.636. The molecule has 1 aliphatic carbocycles. The highest BCUT2D eigenvalue weighted by atomic mass is 16.5. The zero-order valence-electron chi connectivity index (χ0n) is 9.65. The van der Waals surface area contributed by atoms with Gasteiger partial charge in [-0.15, -0.1) is 0 Å². The number of rotatable bonds is 5. The zero-order valence-corrected chi connectivity index (χ0v) is 9.65. The van der Waals surface area contributed by atoms with Crippen molar-refractivity contribution in [2.75, 3.05) is 13.7 Å². The maximum atomic E-state index is 9.95. The summed E-state index contributed by atoms with van der Waals surface area (Å²) in [5.74, 6) is 0.822. The SMILES string of the molecule is COc1ccc(C(O)CNC2CCC2)cc1. The molecular weight excluding hydrogens is 202 g/mol. The minimum absolute atomic E-state index is 0.425. The Balaban J connectivity index is 1.84. The van der Waals surface area contributed by atoms with Crippen LogP contribution in [-0.2, 0) is 0 Å². The molecule has 0 radical (unpaired) electrons. The van der Waals surface area contributed by atoms with Crippen LogP contribution in [0.25, 0.3) is 0 Å². The van der Waals surface area contributed by atoms with Crippen molar-refractivity contribution >= 4 is 0 Å². The second-order valence-corrected chi connectivity index (χ2v) is 4.33. The van der Waals surface area contributed by atoms with Gasteiger partial charge in [0.25, 0.3) is 0 Å². The third-order valence-electron chi connectivity index (χ3n) is 3.21. The van der Waals surface area contributed by atoms with E-state index in [9.17, 15) is 5.11 Å². The molecule has 1 fully saturated rings. The van der Waals surface area contributed by atoms with Gasteiger partial charge in [-0.05, 0) is 30.5 Å². The van der Waals surface area contributed by atoms with Crippen LogP contribution in [-0.4, -0.2) is 24.8 Å². The molecule has 2 rings (SSSR count). The standard InChI is InChI=1S/C13H19NO2/c1-16-12-7-5-10(6-8-12)13(15)9-14-11-3-2-4-11/h5-8,11,13-15H,2-4,9H2,1H3. The fourth-order valence-electron chi connectivity index (χ4n) is 1.83. The topological polar surface area (TPSA) is 41.5 Å². The first-order valence-corrected chi connectivity index (χ1v) is 5.85. The Hall–Kier alpha value is -1.06. The van der Waals surface area contributed by atoms with E-state index in [4.69, 9.17) is 4.74 Å². The van der Waals surface area contributed by atoms with E-state index >= 15 is 0 Å². The lowest BCUT2D eigenvalue weighted by Gasteiger charge is -2.27. The summed E-state index contributed by atoms with van der Waals surface area (Å²) in [5.41, 5.74) is 0.938. The number of aliphatic hydroxyl groups is 1. The minimum atomic E-state index is -0.425. The number of ether oxygens (including phenoxy) is 1. The van der Waals surface area contributed by atoms with Crippen LogP contribution in [0, 0.1) is 0 Å². The molecule has 2 N–H and O–H groups in total. The van der Waals surface area contributed by atoms with Crippen LogP contribution in [0.1, 0.15) is 30.9 Å². The molecule has 0 spiro atoms. The Morgan fingerprint density at radius 2 is 2.06 bits per heavy atom. The van der Waals surface area contributed by atoms with Crippen molar-refractivity contribution in [1.29, 1.82) is 0 Å². The van der Waals surface area contributed by atoms with E-state index in [1.807, 2.05) is 24.3 Å². The van der Waals surface area contributed by atoms with Gasteiger partial charge in [-0.3, -0.25) is 0 Å². The summed E-state index contributed by atoms with van der Waals surface area (Å²) < 4.78 is 5.08. The Kier molecular flexibility index (Phi) is 3.80. The van der Waals surface area contributed by atoms with Gasteiger partial charge in [0.05, 0.1) is 13.2 Å². The highest BCUT2D eigenvalue weighted by molar-refractivity contribution is 5.28. The molecule has 0 amide bonds. The molecule has 3 heteroatoms. The number of benzene rings is 1. The van der Waals surface area contributed by atoms with Crippen LogP contribution < -0.4 is 10.1 Å². The van der Waals surface area contributed by atoms with Gasteiger partial charge in [-0.1, -0.05) is 18.6 Å². The average Bonchev–Trinajstić information content (AvgIpc) is 2.27. The fraction of sp³-hybridized carbons (Fsp3) is 0.538. The summed E-state index contributed by atoms with van der Waals surface area (Å²) >= 11 is 0. The molecule has 16 heavy (non-hydrogen) atoms. The lowest BCUT2D eigenvalue weighted by Crippen LogP contribution is -2.37. The molecule has 0 bridgehead atoms. The van der Waals surface area contributed by atoms with Crippen LogP contribution in [0.5, 0.6) is 5.75 Å². The Bertz CT molecular complexity index is 319. The first-order chi connectivity index (χ1) is 7.79. The van der Waals surface area contributed by atoms with Crippen LogP contribution in [0.15, 0.2) is 24.3 Å². The molecular formula is C13H19NO2. The molecule has 1 saturated carbocycles. The Morgan fingerprint density at radius 1 is 1.38 bits per heavy atom. The summed E-state index contributed by atoms with van der Waals surface area (Å²) in [4.78, 5) is 0. The highest BCUT2D eigenvalue weighted by Crippen LogP contribution is 2.20. The molecule has 0 saturated heterocycles. The van der Waals surface area contributed by atoms with E-state index in [0.717, 1.165) is 11.3 Å². The third kappa shape index (κ3) is 2.74. The van der Waals surface area contributed by atoms with Crippen LogP contribution in [0.3, 0.4) is 0 Å². The van der Waals surface area contributed by atoms with Crippen LogP contribution in [0.4, 0.5) is 0 Å². The molecule has 1 unspecified atom stereocenters. The molecule has 3 nitrogen and oxygen atoms in total. The summed E-state index contributed by atoms with van der Waals surface area (Å²) in [6.07, 6.45) is 3.38. The van der Waals surface area contributed by atoms with E-state index in [-0.39, 0.29) is 0 Å². The summed E-state index contributed by atoms with van der Waals surface area (Å²) in [7, 11) is 1.64. The number of hydrogen-bond donors (Lipinski definition) is 2. The van der Waals surface area contributed by atoms with Crippen molar-refractivity contribution in [3.05, 3.63) is 29.8 Å². The van der Waals surface area contributed by atoms with Crippen molar-refractivity contribution in [2.45, 2.75) is 31.4 Å². The van der Waals surface area contributed by atoms with Gasteiger partial charge < -0.3 is 15.2 Å². The smallest absolute Gasteiger partial charge is 0.118 e. The molecule has 1 aliphatic rings. The zero-order chi connectivity index (χ0) is 11.4. The fourth-order valence-corrected chi connectivity index (χ4v) is 1.83. The number of methoxy groups -OCH3 is 1. The van der Waals surface area contributed by atoms with Gasteiger partial charge in [0.15, 0.2) is 0 Å². The summed E-state index contributed by atoms with van der Waals surface area (Å²) in [5, 5.41) is 13.3. The second-order valence-electron chi connectivity index (χ2n) is 4.33. The predicted molar refractivity (Wildman–Crippen MR) is 63.6 cm³/mol. The molecule has 0 heterocycles. The van der Waals surface area contributed by atoms with Crippen LogP contribution in [0.2, 0.25) is 0 Å². The third-order valence-corrected chi connectivity index (χ3v) is 3.21. The molecule has 1 atom stereocenters. The molecule has 1 aromatic carbocycles. The first-order valence-electron chi connectivity index (χ1n) is 5.85. The van der Waals surface area contributed by atoms with E-state index in [1.165, 1.54) is 19.3 Å². The number of hydrogen-bond acceptors (Lipinski definition) is 3. The second kappa shape index (κ2) is 5.32. The van der Waals surface area contributed by atoms with Gasteiger partial charge in [-0.2, -0.15) is 0 Å². The van der Waals surface area contributed by atoms with Gasteiger partial charge >= 0.3 is 0 Å². The largest absolute Gasteiger partial charge is 0.497 e. The van der Waals surface area contributed by atoms with Crippen molar-refractivity contribution in [2.24, 2.45) is 0 Å². The molecule has 0 aromatic heterocycles. The van der Waals surface area contributed by atoms with E-state index in [1.54, 1.807) is 7.11 Å². The van der Waals surface area contributed by atoms with Gasteiger partial charge in [-0.25, -0.2) is 0 Å².